The van der Waals surface area contributed by atoms with Crippen LogP contribution < -0.4 is 10.6 Å². The Morgan fingerprint density at radius 2 is 1.82 bits per heavy atom. The fourth-order valence-electron chi connectivity index (χ4n) is 3.10. The van der Waals surface area contributed by atoms with E-state index in [1.54, 1.807) is 36.7 Å². The Kier molecular flexibility index (Phi) is 4.49. The van der Waals surface area contributed by atoms with Gasteiger partial charge in [-0.05, 0) is 49.2 Å². The Hall–Kier alpha value is -3.74. The van der Waals surface area contributed by atoms with Gasteiger partial charge in [0.15, 0.2) is 0 Å². The smallest absolute Gasteiger partial charge is 0.308 e. The molecule has 6 nitrogen and oxygen atoms in total. The Labute approximate surface area is 160 Å². The second-order valence-electron chi connectivity index (χ2n) is 6.57. The minimum absolute atomic E-state index is 0.141. The highest BCUT2D eigenvalue weighted by molar-refractivity contribution is 6.00. The molecule has 2 amide bonds. The van der Waals surface area contributed by atoms with Crippen LogP contribution in [0.3, 0.4) is 0 Å². The zero-order valence-electron chi connectivity index (χ0n) is 15.4. The minimum Gasteiger partial charge on any atom is -0.308 e. The maximum atomic E-state index is 13.8. The number of nitrogens with zero attached hydrogens (tertiary/aromatic N) is 2. The Morgan fingerprint density at radius 1 is 1.04 bits per heavy atom. The number of rotatable bonds is 3. The van der Waals surface area contributed by atoms with Crippen molar-refractivity contribution in [3.05, 3.63) is 71.9 Å². The van der Waals surface area contributed by atoms with Crippen LogP contribution >= 0.6 is 0 Å². The van der Waals surface area contributed by atoms with Gasteiger partial charge in [0.25, 0.3) is 0 Å². The molecule has 0 bridgehead atoms. The van der Waals surface area contributed by atoms with E-state index in [1.807, 2.05) is 26.0 Å². The van der Waals surface area contributed by atoms with Crippen molar-refractivity contribution in [2.45, 2.75) is 13.8 Å². The topological polar surface area (TPSA) is 82.7 Å². The lowest BCUT2D eigenvalue weighted by Crippen LogP contribution is -2.20. The summed E-state index contributed by atoms with van der Waals surface area (Å²) in [6, 6.07) is 11.4. The monoisotopic (exact) mass is 375 g/mol. The van der Waals surface area contributed by atoms with E-state index in [4.69, 9.17) is 0 Å². The molecule has 4 rings (SSSR count). The quantitative estimate of drug-likeness (QED) is 0.470. The number of pyridine rings is 1. The number of fused-ring (bicyclic) bond motifs is 1. The molecule has 2 heterocycles. The van der Waals surface area contributed by atoms with Crippen molar-refractivity contribution in [3.8, 4) is 11.1 Å². The number of amides is 2. The van der Waals surface area contributed by atoms with Crippen LogP contribution in [0.15, 0.2) is 54.9 Å². The van der Waals surface area contributed by atoms with Crippen molar-refractivity contribution >= 4 is 28.3 Å². The van der Waals surface area contributed by atoms with Gasteiger partial charge in [0, 0.05) is 28.5 Å². The van der Waals surface area contributed by atoms with E-state index in [2.05, 4.69) is 25.8 Å². The molecule has 0 aliphatic heterocycles. The van der Waals surface area contributed by atoms with Crippen LogP contribution in [0.4, 0.5) is 20.6 Å². The number of urea groups is 1. The molecule has 4 aromatic rings. The Morgan fingerprint density at radius 3 is 2.61 bits per heavy atom. The van der Waals surface area contributed by atoms with Gasteiger partial charge >= 0.3 is 6.03 Å². The number of halogens is 1. The molecule has 0 aliphatic carbocycles. The van der Waals surface area contributed by atoms with Crippen molar-refractivity contribution in [2.75, 3.05) is 10.6 Å². The largest absolute Gasteiger partial charge is 0.323 e. The lowest BCUT2D eigenvalue weighted by molar-refractivity contribution is 0.262. The average molecular weight is 375 g/mol. The molecule has 2 aromatic heterocycles. The summed E-state index contributed by atoms with van der Waals surface area (Å²) in [5.74, 6) is -0.479. The molecule has 0 aliphatic rings. The van der Waals surface area contributed by atoms with Gasteiger partial charge in [-0.3, -0.25) is 10.1 Å². The normalized spacial score (nSPS) is 10.8. The molecule has 0 saturated carbocycles. The fraction of sp³-hybridized carbons (Fsp3) is 0.0952. The van der Waals surface area contributed by atoms with Crippen LogP contribution in [0.2, 0.25) is 0 Å². The number of hydrogen-bond donors (Lipinski definition) is 3. The SMILES string of the molecule is Cc1ccc(F)c(NC(=O)Nc2ccc(-c3cncc4n[nH]c(C)c34)cc2)c1. The van der Waals surface area contributed by atoms with Crippen molar-refractivity contribution in [2.24, 2.45) is 0 Å². The summed E-state index contributed by atoms with van der Waals surface area (Å²) in [6.07, 6.45) is 3.51. The highest BCUT2D eigenvalue weighted by Gasteiger charge is 2.11. The molecule has 0 atom stereocenters. The van der Waals surface area contributed by atoms with Crippen LogP contribution in [0.1, 0.15) is 11.3 Å². The highest BCUT2D eigenvalue weighted by Crippen LogP contribution is 2.29. The molecule has 2 aromatic carbocycles. The molecule has 28 heavy (non-hydrogen) atoms. The van der Waals surface area contributed by atoms with Crippen LogP contribution in [0.5, 0.6) is 0 Å². The third-order valence-corrected chi connectivity index (χ3v) is 4.47. The minimum atomic E-state index is -0.508. The number of aromatic amines is 1. The van der Waals surface area contributed by atoms with E-state index in [9.17, 15) is 9.18 Å². The van der Waals surface area contributed by atoms with Crippen LogP contribution in [0, 0.1) is 19.7 Å². The van der Waals surface area contributed by atoms with Crippen molar-refractivity contribution < 1.29 is 9.18 Å². The third kappa shape index (κ3) is 3.42. The lowest BCUT2D eigenvalue weighted by atomic mass is 10.0. The van der Waals surface area contributed by atoms with E-state index < -0.39 is 11.8 Å². The van der Waals surface area contributed by atoms with Crippen LogP contribution in [-0.2, 0) is 0 Å². The predicted octanol–water partition coefficient (Wildman–Crippen LogP) is 5.02. The van der Waals surface area contributed by atoms with Crippen molar-refractivity contribution in [1.82, 2.24) is 15.2 Å². The summed E-state index contributed by atoms with van der Waals surface area (Å²) < 4.78 is 13.8. The summed E-state index contributed by atoms with van der Waals surface area (Å²) in [4.78, 5) is 16.4. The maximum Gasteiger partial charge on any atom is 0.323 e. The Bertz CT molecular complexity index is 1170. The number of aromatic nitrogens is 3. The van der Waals surface area contributed by atoms with E-state index in [0.717, 1.165) is 33.3 Å². The van der Waals surface area contributed by atoms with E-state index in [-0.39, 0.29) is 5.69 Å². The van der Waals surface area contributed by atoms with E-state index in [0.29, 0.717) is 5.69 Å². The predicted molar refractivity (Wildman–Crippen MR) is 108 cm³/mol. The zero-order valence-corrected chi connectivity index (χ0v) is 15.4. The van der Waals surface area contributed by atoms with Gasteiger partial charge in [-0.25, -0.2) is 9.18 Å². The lowest BCUT2D eigenvalue weighted by Gasteiger charge is -2.10. The second kappa shape index (κ2) is 7.11. The number of H-pyrrole nitrogens is 1. The molecule has 0 fully saturated rings. The molecule has 0 spiro atoms. The van der Waals surface area contributed by atoms with Gasteiger partial charge in [0.05, 0.1) is 11.9 Å². The standard InChI is InChI=1S/C21H18FN5O/c1-12-3-8-17(22)18(9-12)25-21(28)24-15-6-4-14(5-7-15)16-10-23-11-19-20(16)13(2)26-27-19/h3-11H,1-2H3,(H,26,27)(H2,24,25,28). The van der Waals surface area contributed by atoms with Gasteiger partial charge in [0.2, 0.25) is 0 Å². The van der Waals surface area contributed by atoms with Gasteiger partial charge in [0.1, 0.15) is 11.3 Å². The van der Waals surface area contributed by atoms with Crippen LogP contribution in [-0.4, -0.2) is 21.2 Å². The van der Waals surface area contributed by atoms with Crippen molar-refractivity contribution in [1.29, 1.82) is 0 Å². The first kappa shape index (κ1) is 17.7. The number of hydrogen-bond acceptors (Lipinski definition) is 3. The van der Waals surface area contributed by atoms with Crippen LogP contribution in [0.25, 0.3) is 22.0 Å². The second-order valence-corrected chi connectivity index (χ2v) is 6.57. The van der Waals surface area contributed by atoms with E-state index in [1.165, 1.54) is 6.07 Å². The third-order valence-electron chi connectivity index (χ3n) is 4.47. The molecule has 3 N–H and O–H groups in total. The van der Waals surface area contributed by atoms with E-state index >= 15 is 0 Å². The number of aryl methyl sites for hydroxylation is 2. The van der Waals surface area contributed by atoms with Crippen molar-refractivity contribution in [3.63, 3.8) is 0 Å². The first-order valence-electron chi connectivity index (χ1n) is 8.74. The van der Waals surface area contributed by atoms with Gasteiger partial charge in [-0.1, -0.05) is 18.2 Å². The summed E-state index contributed by atoms with van der Waals surface area (Å²) in [6.45, 7) is 3.79. The zero-order chi connectivity index (χ0) is 19.7. The molecule has 7 heteroatoms. The maximum absolute atomic E-state index is 13.8. The number of benzene rings is 2. The molecule has 140 valence electrons. The number of carbonyl (C=O) groups is 1. The van der Waals surface area contributed by atoms with Gasteiger partial charge in [-0.2, -0.15) is 5.10 Å². The van der Waals surface area contributed by atoms with Gasteiger partial charge in [-0.15, -0.1) is 0 Å². The molecular weight excluding hydrogens is 357 g/mol. The molecule has 0 unspecified atom stereocenters. The number of nitrogens with one attached hydrogen (secondary N) is 3. The first-order valence-corrected chi connectivity index (χ1v) is 8.74. The summed E-state index contributed by atoms with van der Waals surface area (Å²) in [5.41, 5.74) is 5.28. The van der Waals surface area contributed by atoms with Gasteiger partial charge < -0.3 is 10.6 Å². The molecular formula is C21H18FN5O. The highest BCUT2D eigenvalue weighted by atomic mass is 19.1. The molecule has 0 radical (unpaired) electrons. The molecule has 0 saturated heterocycles. The first-order chi connectivity index (χ1) is 13.5. The summed E-state index contributed by atoms with van der Waals surface area (Å²) in [5, 5.41) is 13.5. The summed E-state index contributed by atoms with van der Waals surface area (Å²) in [7, 11) is 0. The number of carbonyl (C=O) groups excluding carboxylic acids is 1. The fourth-order valence-corrected chi connectivity index (χ4v) is 3.10. The summed E-state index contributed by atoms with van der Waals surface area (Å²) >= 11 is 0. The Balaban J connectivity index is 1.52. The number of anilines is 2. The average Bonchev–Trinajstić information content (AvgIpc) is 3.07.